The van der Waals surface area contributed by atoms with Gasteiger partial charge in [-0.2, -0.15) is 5.10 Å². The van der Waals surface area contributed by atoms with Gasteiger partial charge >= 0.3 is 0 Å². The normalized spacial score (nSPS) is 15.6. The van der Waals surface area contributed by atoms with Gasteiger partial charge in [-0.25, -0.2) is 0 Å². The van der Waals surface area contributed by atoms with Gasteiger partial charge in [-0.1, -0.05) is 0 Å². The summed E-state index contributed by atoms with van der Waals surface area (Å²) < 4.78 is 5.15. The smallest absolute Gasteiger partial charge is 0.149 e. The van der Waals surface area contributed by atoms with E-state index < -0.39 is 0 Å². The molecule has 2 heterocycles. The average molecular weight is 136 g/mol. The van der Waals surface area contributed by atoms with E-state index in [1.165, 1.54) is 5.56 Å². The summed E-state index contributed by atoms with van der Waals surface area (Å²) in [6.45, 7) is 0.892. The van der Waals surface area contributed by atoms with Crippen LogP contribution in [0.3, 0.4) is 0 Å². The van der Waals surface area contributed by atoms with Crippen LogP contribution in [-0.4, -0.2) is 12.8 Å². The molecule has 0 radical (unpaired) electrons. The Bertz CT molecular complexity index is 252. The van der Waals surface area contributed by atoms with Gasteiger partial charge < -0.3 is 9.84 Å². The molecule has 1 aliphatic heterocycles. The van der Waals surface area contributed by atoms with Crippen molar-refractivity contribution in [2.45, 2.75) is 6.42 Å². The van der Waals surface area contributed by atoms with Crippen LogP contribution in [-0.2, 0) is 6.42 Å². The summed E-state index contributed by atoms with van der Waals surface area (Å²) in [6.07, 6.45) is 4.40. The van der Waals surface area contributed by atoms with E-state index in [0.29, 0.717) is 0 Å². The molecule has 0 aromatic carbocycles. The highest BCUT2D eigenvalue weighted by Crippen LogP contribution is 2.09. The highest BCUT2D eigenvalue weighted by Gasteiger charge is 2.04. The maximum atomic E-state index is 5.15. The fraction of sp³-hybridized carbons (Fsp3) is 0.286. The number of nitrogens with zero attached hydrogens (tertiary/aromatic N) is 1. The minimum absolute atomic E-state index is 0.880. The monoisotopic (exact) mass is 136 g/mol. The van der Waals surface area contributed by atoms with Crippen molar-refractivity contribution in [3.05, 3.63) is 23.7 Å². The van der Waals surface area contributed by atoms with Crippen LogP contribution in [0.5, 0.6) is 0 Å². The molecule has 10 heavy (non-hydrogen) atoms. The van der Waals surface area contributed by atoms with Gasteiger partial charge in [0, 0.05) is 12.1 Å². The van der Waals surface area contributed by atoms with Gasteiger partial charge in [-0.3, -0.25) is 0 Å². The van der Waals surface area contributed by atoms with E-state index in [4.69, 9.17) is 4.42 Å². The van der Waals surface area contributed by atoms with Gasteiger partial charge in [-0.05, 0) is 12.5 Å². The van der Waals surface area contributed by atoms with E-state index in [1.54, 1.807) is 12.5 Å². The minimum atomic E-state index is 0.880. The fourth-order valence-electron chi connectivity index (χ4n) is 1.03. The van der Waals surface area contributed by atoms with E-state index in [2.05, 4.69) is 10.5 Å². The summed E-state index contributed by atoms with van der Waals surface area (Å²) >= 11 is 0. The molecule has 52 valence electrons. The Morgan fingerprint density at radius 1 is 1.60 bits per heavy atom. The predicted octanol–water partition coefficient (Wildman–Crippen LogP) is 0.759. The van der Waals surface area contributed by atoms with Crippen LogP contribution < -0.4 is 5.43 Å². The molecular weight excluding hydrogens is 128 g/mol. The molecule has 0 spiro atoms. The Morgan fingerprint density at radius 2 is 2.60 bits per heavy atom. The van der Waals surface area contributed by atoms with Crippen molar-refractivity contribution in [3.8, 4) is 0 Å². The summed E-state index contributed by atoms with van der Waals surface area (Å²) in [4.78, 5) is 0. The summed E-state index contributed by atoms with van der Waals surface area (Å²) in [5, 5.41) is 3.92. The molecule has 0 atom stereocenters. The highest BCUT2D eigenvalue weighted by molar-refractivity contribution is 5.78. The number of fused-ring (bicyclic) bond motifs is 1. The molecule has 3 nitrogen and oxygen atoms in total. The first-order valence-corrected chi connectivity index (χ1v) is 3.29. The van der Waals surface area contributed by atoms with Gasteiger partial charge in [0.1, 0.15) is 5.76 Å². The van der Waals surface area contributed by atoms with E-state index >= 15 is 0 Å². The molecule has 0 unspecified atom stereocenters. The van der Waals surface area contributed by atoms with Gasteiger partial charge in [0.2, 0.25) is 0 Å². The van der Waals surface area contributed by atoms with Crippen molar-refractivity contribution in [1.29, 1.82) is 0 Å². The first-order valence-electron chi connectivity index (χ1n) is 3.29. The molecule has 0 fully saturated rings. The first-order chi connectivity index (χ1) is 4.97. The molecule has 0 saturated carbocycles. The van der Waals surface area contributed by atoms with Crippen LogP contribution in [0.15, 0.2) is 21.8 Å². The van der Waals surface area contributed by atoms with Crippen molar-refractivity contribution in [1.82, 2.24) is 5.43 Å². The van der Waals surface area contributed by atoms with Gasteiger partial charge in [0.25, 0.3) is 0 Å². The Kier molecular flexibility index (Phi) is 1.20. The lowest BCUT2D eigenvalue weighted by atomic mass is 10.2. The molecule has 0 aliphatic carbocycles. The molecule has 1 N–H and O–H groups in total. The predicted molar refractivity (Wildman–Crippen MR) is 38.0 cm³/mol. The number of hydrogen-bond acceptors (Lipinski definition) is 3. The quantitative estimate of drug-likeness (QED) is 0.571. The highest BCUT2D eigenvalue weighted by atomic mass is 16.3. The second-order valence-electron chi connectivity index (χ2n) is 2.23. The Hall–Kier alpha value is -1.25. The Balaban J connectivity index is 2.42. The number of hydrogen-bond donors (Lipinski definition) is 1. The van der Waals surface area contributed by atoms with Crippen LogP contribution >= 0.6 is 0 Å². The number of furan rings is 1. The van der Waals surface area contributed by atoms with Crippen LogP contribution in [0.2, 0.25) is 0 Å². The van der Waals surface area contributed by atoms with Crippen LogP contribution in [0.1, 0.15) is 11.3 Å². The topological polar surface area (TPSA) is 37.5 Å². The molecule has 3 heteroatoms. The lowest BCUT2D eigenvalue weighted by Gasteiger charge is -1.91. The third kappa shape index (κ3) is 0.795. The third-order valence-electron chi connectivity index (χ3n) is 1.56. The van der Waals surface area contributed by atoms with Crippen LogP contribution in [0.4, 0.5) is 0 Å². The van der Waals surface area contributed by atoms with Crippen LogP contribution in [0, 0.1) is 0 Å². The molecule has 1 aromatic rings. The zero-order valence-corrected chi connectivity index (χ0v) is 5.50. The maximum Gasteiger partial charge on any atom is 0.149 e. The summed E-state index contributed by atoms with van der Waals surface area (Å²) in [5.74, 6) is 0.880. The second kappa shape index (κ2) is 2.17. The molecule has 1 aliphatic rings. The number of rotatable bonds is 0. The summed E-state index contributed by atoms with van der Waals surface area (Å²) in [7, 11) is 0. The first kappa shape index (κ1) is 5.53. The van der Waals surface area contributed by atoms with Crippen molar-refractivity contribution < 1.29 is 4.42 Å². The average Bonchev–Trinajstić information content (AvgIpc) is 2.28. The lowest BCUT2D eigenvalue weighted by Crippen LogP contribution is -2.06. The fourth-order valence-corrected chi connectivity index (χ4v) is 1.03. The second-order valence-corrected chi connectivity index (χ2v) is 2.23. The minimum Gasteiger partial charge on any atom is -0.463 e. The Morgan fingerprint density at radius 3 is 3.60 bits per heavy atom. The van der Waals surface area contributed by atoms with Crippen molar-refractivity contribution in [3.63, 3.8) is 0 Å². The molecule has 0 saturated heterocycles. The summed E-state index contributed by atoms with van der Waals surface area (Å²) in [6, 6.07) is 1.98. The van der Waals surface area contributed by atoms with E-state index in [9.17, 15) is 0 Å². The molecule has 0 bridgehead atoms. The zero-order chi connectivity index (χ0) is 6.81. The molecule has 2 rings (SSSR count). The van der Waals surface area contributed by atoms with E-state index in [0.717, 1.165) is 18.7 Å². The maximum absolute atomic E-state index is 5.15. The Labute approximate surface area is 58.7 Å². The van der Waals surface area contributed by atoms with Gasteiger partial charge in [-0.15, -0.1) is 0 Å². The lowest BCUT2D eigenvalue weighted by molar-refractivity contribution is 0.557. The molecule has 1 aromatic heterocycles. The van der Waals surface area contributed by atoms with Crippen molar-refractivity contribution in [2.75, 3.05) is 6.54 Å². The van der Waals surface area contributed by atoms with Crippen molar-refractivity contribution >= 4 is 6.21 Å². The number of nitrogens with one attached hydrogen (secondary N) is 1. The molecule has 0 amide bonds. The van der Waals surface area contributed by atoms with E-state index in [-0.39, 0.29) is 0 Å². The third-order valence-corrected chi connectivity index (χ3v) is 1.56. The standard InChI is InChI=1S/C7H8N2O/c1-3-8-9-5-7-6(1)2-4-10-7/h2,4-5,8H,1,3H2. The van der Waals surface area contributed by atoms with Crippen molar-refractivity contribution in [2.24, 2.45) is 5.10 Å². The van der Waals surface area contributed by atoms with Gasteiger partial charge in [0.05, 0.1) is 12.5 Å². The van der Waals surface area contributed by atoms with E-state index in [1.807, 2.05) is 6.07 Å². The molecular formula is C7H8N2O. The largest absolute Gasteiger partial charge is 0.463 e. The SMILES string of the molecule is C1=NNCCc2ccoc21. The van der Waals surface area contributed by atoms with Gasteiger partial charge in [0.15, 0.2) is 0 Å². The van der Waals surface area contributed by atoms with Crippen LogP contribution in [0.25, 0.3) is 0 Å². The number of hydrazone groups is 1. The zero-order valence-electron chi connectivity index (χ0n) is 5.50. The summed E-state index contributed by atoms with van der Waals surface area (Å²) in [5.41, 5.74) is 4.12.